The highest BCUT2D eigenvalue weighted by Gasteiger charge is 2.36. The van der Waals surface area contributed by atoms with Crippen LogP contribution in [-0.2, 0) is 4.74 Å². The molecule has 0 amide bonds. The zero-order valence-electron chi connectivity index (χ0n) is 11.1. The van der Waals surface area contributed by atoms with Gasteiger partial charge >= 0.3 is 0 Å². The third-order valence-electron chi connectivity index (χ3n) is 4.79. The zero-order chi connectivity index (χ0) is 11.7. The summed E-state index contributed by atoms with van der Waals surface area (Å²) >= 11 is 0. The van der Waals surface area contributed by atoms with Crippen LogP contribution in [0.4, 0.5) is 0 Å². The molecule has 98 valence electrons. The molecule has 0 aromatic heterocycles. The normalized spacial score (nSPS) is 34.8. The molecule has 17 heavy (non-hydrogen) atoms. The summed E-state index contributed by atoms with van der Waals surface area (Å²) in [4.78, 5) is 2.70. The molecule has 2 saturated heterocycles. The fourth-order valence-corrected chi connectivity index (χ4v) is 3.36. The van der Waals surface area contributed by atoms with E-state index in [0.717, 1.165) is 25.2 Å². The van der Waals surface area contributed by atoms with E-state index in [1.54, 1.807) is 0 Å². The van der Waals surface area contributed by atoms with E-state index in [2.05, 4.69) is 17.1 Å². The first-order valence-corrected chi connectivity index (χ1v) is 7.29. The average molecular weight is 238 g/mol. The Labute approximate surface area is 105 Å². The van der Waals surface area contributed by atoms with E-state index in [9.17, 15) is 0 Å². The molecule has 1 N–H and O–H groups in total. The molecule has 0 aromatic carbocycles. The van der Waals surface area contributed by atoms with Gasteiger partial charge in [0.15, 0.2) is 0 Å². The topological polar surface area (TPSA) is 24.5 Å². The van der Waals surface area contributed by atoms with Crippen molar-refractivity contribution in [3.05, 3.63) is 0 Å². The Morgan fingerprint density at radius 1 is 1.29 bits per heavy atom. The molecule has 2 aliphatic heterocycles. The molecule has 3 heteroatoms. The van der Waals surface area contributed by atoms with Crippen LogP contribution in [0.2, 0.25) is 0 Å². The predicted octanol–water partition coefficient (Wildman–Crippen LogP) is 1.49. The molecule has 0 radical (unpaired) electrons. The number of nitrogens with zero attached hydrogens (tertiary/aromatic N) is 1. The minimum absolute atomic E-state index is 0.504. The number of hydrogen-bond acceptors (Lipinski definition) is 3. The lowest BCUT2D eigenvalue weighted by molar-refractivity contribution is 0.0000493. The van der Waals surface area contributed by atoms with Gasteiger partial charge in [-0.3, -0.25) is 4.90 Å². The van der Waals surface area contributed by atoms with Gasteiger partial charge in [0.25, 0.3) is 0 Å². The standard InChI is InChI=1S/C14H26N2O/c1-14(4-8-17-9-5-14)11-16-7-6-15-13(10-16)12-2-3-12/h12-13,15H,2-11H2,1H3. The highest BCUT2D eigenvalue weighted by molar-refractivity contribution is 4.92. The Morgan fingerprint density at radius 2 is 2.06 bits per heavy atom. The van der Waals surface area contributed by atoms with Crippen LogP contribution < -0.4 is 5.32 Å². The molecule has 3 fully saturated rings. The van der Waals surface area contributed by atoms with E-state index < -0.39 is 0 Å². The first-order valence-electron chi connectivity index (χ1n) is 7.29. The molecule has 0 spiro atoms. The lowest BCUT2D eigenvalue weighted by Crippen LogP contribution is -2.54. The second kappa shape index (κ2) is 4.87. The first kappa shape index (κ1) is 11.9. The first-order chi connectivity index (χ1) is 8.25. The summed E-state index contributed by atoms with van der Waals surface area (Å²) in [5.74, 6) is 0.986. The third kappa shape index (κ3) is 3.01. The largest absolute Gasteiger partial charge is 0.381 e. The lowest BCUT2D eigenvalue weighted by Gasteiger charge is -2.41. The van der Waals surface area contributed by atoms with Crippen molar-refractivity contribution in [3.8, 4) is 0 Å². The summed E-state index contributed by atoms with van der Waals surface area (Å²) in [6.07, 6.45) is 5.39. The van der Waals surface area contributed by atoms with Crippen molar-refractivity contribution in [1.82, 2.24) is 10.2 Å². The van der Waals surface area contributed by atoms with Crippen LogP contribution in [0.1, 0.15) is 32.6 Å². The Kier molecular flexibility index (Phi) is 3.42. The number of hydrogen-bond donors (Lipinski definition) is 1. The van der Waals surface area contributed by atoms with Crippen molar-refractivity contribution in [2.24, 2.45) is 11.3 Å². The molecule has 0 aromatic rings. The van der Waals surface area contributed by atoms with Gasteiger partial charge in [0.05, 0.1) is 0 Å². The molecule has 3 nitrogen and oxygen atoms in total. The van der Waals surface area contributed by atoms with Crippen molar-refractivity contribution < 1.29 is 4.74 Å². The minimum atomic E-state index is 0.504. The minimum Gasteiger partial charge on any atom is -0.381 e. The predicted molar refractivity (Wildman–Crippen MR) is 69.1 cm³/mol. The Morgan fingerprint density at radius 3 is 2.76 bits per heavy atom. The van der Waals surface area contributed by atoms with Crippen molar-refractivity contribution in [2.45, 2.75) is 38.6 Å². The maximum absolute atomic E-state index is 5.49. The average Bonchev–Trinajstić information content (AvgIpc) is 3.13. The Hall–Kier alpha value is -0.120. The number of ether oxygens (including phenoxy) is 1. The molecule has 0 bridgehead atoms. The van der Waals surface area contributed by atoms with Crippen LogP contribution >= 0.6 is 0 Å². The van der Waals surface area contributed by atoms with Gasteiger partial charge in [0.2, 0.25) is 0 Å². The molecule has 3 rings (SSSR count). The number of piperazine rings is 1. The Bertz CT molecular complexity index is 259. The summed E-state index contributed by atoms with van der Waals surface area (Å²) in [5, 5.41) is 3.69. The van der Waals surface area contributed by atoms with Crippen LogP contribution in [0.15, 0.2) is 0 Å². The quantitative estimate of drug-likeness (QED) is 0.806. The summed E-state index contributed by atoms with van der Waals surface area (Å²) < 4.78 is 5.49. The van der Waals surface area contributed by atoms with E-state index in [1.165, 1.54) is 51.9 Å². The van der Waals surface area contributed by atoms with Gasteiger partial charge in [-0.2, -0.15) is 0 Å². The molecule has 1 saturated carbocycles. The molecule has 1 atom stereocenters. The fourth-order valence-electron chi connectivity index (χ4n) is 3.36. The molecule has 2 heterocycles. The zero-order valence-corrected chi connectivity index (χ0v) is 11.1. The number of nitrogens with one attached hydrogen (secondary N) is 1. The third-order valence-corrected chi connectivity index (χ3v) is 4.79. The van der Waals surface area contributed by atoms with E-state index in [4.69, 9.17) is 4.74 Å². The van der Waals surface area contributed by atoms with Crippen molar-refractivity contribution >= 4 is 0 Å². The molecular formula is C14H26N2O. The SMILES string of the molecule is CC1(CN2CCNC(C3CC3)C2)CCOCC1. The number of rotatable bonds is 3. The molecule has 1 unspecified atom stereocenters. The van der Waals surface area contributed by atoms with E-state index in [1.807, 2.05) is 0 Å². The maximum atomic E-state index is 5.49. The highest BCUT2D eigenvalue weighted by atomic mass is 16.5. The molecule has 1 aliphatic carbocycles. The van der Waals surface area contributed by atoms with Gasteiger partial charge in [-0.1, -0.05) is 6.92 Å². The van der Waals surface area contributed by atoms with E-state index >= 15 is 0 Å². The second-order valence-corrected chi connectivity index (χ2v) is 6.56. The van der Waals surface area contributed by atoms with Gasteiger partial charge < -0.3 is 10.1 Å². The Balaban J connectivity index is 1.52. The van der Waals surface area contributed by atoms with Gasteiger partial charge in [0.1, 0.15) is 0 Å². The van der Waals surface area contributed by atoms with Gasteiger partial charge in [-0.05, 0) is 37.0 Å². The monoisotopic (exact) mass is 238 g/mol. The molecular weight excluding hydrogens is 212 g/mol. The molecule has 3 aliphatic rings. The van der Waals surface area contributed by atoms with Crippen molar-refractivity contribution in [1.29, 1.82) is 0 Å². The van der Waals surface area contributed by atoms with Crippen molar-refractivity contribution in [2.75, 3.05) is 39.4 Å². The van der Waals surface area contributed by atoms with Crippen LogP contribution in [0, 0.1) is 11.3 Å². The van der Waals surface area contributed by atoms with Gasteiger partial charge in [-0.25, -0.2) is 0 Å². The van der Waals surface area contributed by atoms with Gasteiger partial charge in [-0.15, -0.1) is 0 Å². The van der Waals surface area contributed by atoms with Crippen LogP contribution in [0.25, 0.3) is 0 Å². The van der Waals surface area contributed by atoms with Crippen LogP contribution in [0.3, 0.4) is 0 Å². The van der Waals surface area contributed by atoms with E-state index in [0.29, 0.717) is 5.41 Å². The maximum Gasteiger partial charge on any atom is 0.0471 e. The van der Waals surface area contributed by atoms with Crippen LogP contribution in [-0.4, -0.2) is 50.3 Å². The lowest BCUT2D eigenvalue weighted by atomic mass is 9.81. The summed E-state index contributed by atoms with van der Waals surface area (Å²) in [6, 6.07) is 0.784. The summed E-state index contributed by atoms with van der Waals surface area (Å²) in [6.45, 7) is 9.36. The second-order valence-electron chi connectivity index (χ2n) is 6.56. The van der Waals surface area contributed by atoms with Crippen molar-refractivity contribution in [3.63, 3.8) is 0 Å². The van der Waals surface area contributed by atoms with Gasteiger partial charge in [0, 0.05) is 45.4 Å². The summed E-state index contributed by atoms with van der Waals surface area (Å²) in [5.41, 5.74) is 0.504. The van der Waals surface area contributed by atoms with E-state index in [-0.39, 0.29) is 0 Å². The fraction of sp³-hybridized carbons (Fsp3) is 1.00. The summed E-state index contributed by atoms with van der Waals surface area (Å²) in [7, 11) is 0. The van der Waals surface area contributed by atoms with Crippen LogP contribution in [0.5, 0.6) is 0 Å². The smallest absolute Gasteiger partial charge is 0.0471 e. The highest BCUT2D eigenvalue weighted by Crippen LogP contribution is 2.35.